The molecule has 0 bridgehead atoms. The van der Waals surface area contributed by atoms with Crippen LogP contribution in [0.5, 0.6) is 5.75 Å². The number of para-hydroxylation sites is 1. The molecule has 4 amide bonds. The number of urea groups is 1. The Hall–Kier alpha value is -4.15. The number of ether oxygens (including phenoxy) is 1. The normalized spacial score (nSPS) is 16.1. The van der Waals surface area contributed by atoms with Gasteiger partial charge in [0.2, 0.25) is 0 Å². The summed E-state index contributed by atoms with van der Waals surface area (Å²) in [5, 5.41) is 5.01. The van der Waals surface area contributed by atoms with Crippen LogP contribution in [0, 0.1) is 6.92 Å². The molecule has 2 heterocycles. The summed E-state index contributed by atoms with van der Waals surface area (Å²) in [5.74, 6) is -2.89. The number of rotatable bonds is 5. The molecule has 2 N–H and O–H groups in total. The number of benzene rings is 2. The molecule has 8 nitrogen and oxygen atoms in total. The van der Waals surface area contributed by atoms with E-state index in [4.69, 9.17) is 4.74 Å². The summed E-state index contributed by atoms with van der Waals surface area (Å²) in [4.78, 5) is 40.3. The SMILES string of the molecule is Cc1cc(COc2ccc(N(C(=O)C(F)(F)F)C3CNC(=O)NC3=O)cc2)c2ccccc2n1. The van der Waals surface area contributed by atoms with Gasteiger partial charge < -0.3 is 10.1 Å². The fourth-order valence-corrected chi connectivity index (χ4v) is 3.68. The molecule has 0 aliphatic carbocycles. The Morgan fingerprint density at radius 3 is 2.53 bits per heavy atom. The van der Waals surface area contributed by atoms with Crippen LogP contribution in [0.4, 0.5) is 23.7 Å². The minimum absolute atomic E-state index is 0.170. The Bertz CT molecular complexity index is 1260. The number of carbonyl (C=O) groups excluding carboxylic acids is 3. The minimum Gasteiger partial charge on any atom is -0.489 e. The van der Waals surface area contributed by atoms with Gasteiger partial charge in [0.25, 0.3) is 5.91 Å². The molecule has 1 aliphatic heterocycles. The maximum atomic E-state index is 13.3. The van der Waals surface area contributed by atoms with Gasteiger partial charge in [0, 0.05) is 28.9 Å². The molecule has 1 fully saturated rings. The summed E-state index contributed by atoms with van der Waals surface area (Å²) in [7, 11) is 0. The van der Waals surface area contributed by atoms with Crippen molar-refractivity contribution < 1.29 is 32.3 Å². The van der Waals surface area contributed by atoms with E-state index >= 15 is 0 Å². The molecule has 2 aromatic carbocycles. The molecule has 4 rings (SSSR count). The van der Waals surface area contributed by atoms with E-state index in [1.807, 2.05) is 42.6 Å². The standard InChI is InChI=1S/C23H19F3N4O4/c1-13-10-14(17-4-2-3-5-18(17)28-13)12-34-16-8-6-15(7-9-16)30(21(32)23(24,25)26)19-11-27-22(33)29-20(19)31/h2-10,19H,11-12H2,1H3,(H2,27,29,31,33). The van der Waals surface area contributed by atoms with Crippen LogP contribution >= 0.6 is 0 Å². The molecule has 0 saturated carbocycles. The predicted molar refractivity (Wildman–Crippen MR) is 116 cm³/mol. The van der Waals surface area contributed by atoms with Crippen molar-refractivity contribution >= 4 is 34.4 Å². The van der Waals surface area contributed by atoms with E-state index in [1.165, 1.54) is 24.3 Å². The molecule has 0 radical (unpaired) electrons. The summed E-state index contributed by atoms with van der Waals surface area (Å²) in [6.45, 7) is 1.59. The Kier molecular flexibility index (Phi) is 6.10. The van der Waals surface area contributed by atoms with Crippen LogP contribution in [0.15, 0.2) is 54.6 Å². The highest BCUT2D eigenvalue weighted by Gasteiger charge is 2.48. The van der Waals surface area contributed by atoms with Crippen molar-refractivity contribution in [1.82, 2.24) is 15.6 Å². The lowest BCUT2D eigenvalue weighted by atomic mass is 10.1. The van der Waals surface area contributed by atoms with Crippen molar-refractivity contribution in [3.05, 3.63) is 65.9 Å². The van der Waals surface area contributed by atoms with Gasteiger partial charge >= 0.3 is 18.1 Å². The van der Waals surface area contributed by atoms with Gasteiger partial charge in [-0.3, -0.25) is 24.8 Å². The first-order valence-corrected chi connectivity index (χ1v) is 10.2. The molecule has 34 heavy (non-hydrogen) atoms. The number of pyridine rings is 1. The summed E-state index contributed by atoms with van der Waals surface area (Å²) in [5.41, 5.74) is 2.34. The largest absolute Gasteiger partial charge is 0.489 e. The average Bonchev–Trinajstić information content (AvgIpc) is 2.79. The number of carbonyl (C=O) groups is 3. The van der Waals surface area contributed by atoms with Crippen molar-refractivity contribution in [3.63, 3.8) is 0 Å². The van der Waals surface area contributed by atoms with Crippen LogP contribution in [-0.2, 0) is 16.2 Å². The van der Waals surface area contributed by atoms with E-state index in [0.717, 1.165) is 22.2 Å². The summed E-state index contributed by atoms with van der Waals surface area (Å²) >= 11 is 0. The van der Waals surface area contributed by atoms with E-state index in [9.17, 15) is 27.6 Å². The average molecular weight is 472 g/mol. The van der Waals surface area contributed by atoms with Gasteiger partial charge in [-0.25, -0.2) is 4.79 Å². The molecule has 176 valence electrons. The maximum absolute atomic E-state index is 13.3. The molecule has 1 atom stereocenters. The lowest BCUT2D eigenvalue weighted by Gasteiger charge is -2.33. The van der Waals surface area contributed by atoms with Gasteiger partial charge in [-0.15, -0.1) is 0 Å². The molecule has 1 aliphatic rings. The molecule has 3 aromatic rings. The van der Waals surface area contributed by atoms with Crippen LogP contribution < -0.4 is 20.3 Å². The van der Waals surface area contributed by atoms with E-state index in [1.54, 1.807) is 0 Å². The van der Waals surface area contributed by atoms with Crippen molar-refractivity contribution in [2.45, 2.75) is 25.7 Å². The molecule has 1 saturated heterocycles. The number of nitrogens with zero attached hydrogens (tertiary/aromatic N) is 2. The van der Waals surface area contributed by atoms with Crippen LogP contribution in [0.1, 0.15) is 11.3 Å². The molecule has 11 heteroatoms. The summed E-state index contributed by atoms with van der Waals surface area (Å²) in [6.07, 6.45) is -5.23. The Labute approximate surface area is 191 Å². The number of nitrogens with one attached hydrogen (secondary N) is 2. The van der Waals surface area contributed by atoms with Crippen LogP contribution in [0.2, 0.25) is 0 Å². The number of hydrogen-bond acceptors (Lipinski definition) is 5. The maximum Gasteiger partial charge on any atom is 0.471 e. The Morgan fingerprint density at radius 1 is 1.15 bits per heavy atom. The van der Waals surface area contributed by atoms with Crippen LogP contribution in [0.25, 0.3) is 10.9 Å². The zero-order valence-electron chi connectivity index (χ0n) is 17.8. The van der Waals surface area contributed by atoms with E-state index in [0.29, 0.717) is 10.6 Å². The number of aromatic nitrogens is 1. The van der Waals surface area contributed by atoms with E-state index in [2.05, 4.69) is 10.3 Å². The van der Waals surface area contributed by atoms with Crippen LogP contribution in [-0.4, -0.2) is 41.6 Å². The highest BCUT2D eigenvalue weighted by molar-refractivity contribution is 6.08. The summed E-state index contributed by atoms with van der Waals surface area (Å²) in [6, 6.07) is 12.3. The third kappa shape index (κ3) is 4.77. The highest BCUT2D eigenvalue weighted by Crippen LogP contribution is 2.28. The number of imide groups is 1. The van der Waals surface area contributed by atoms with Crippen molar-refractivity contribution in [2.75, 3.05) is 11.4 Å². The highest BCUT2D eigenvalue weighted by atomic mass is 19.4. The summed E-state index contributed by atoms with van der Waals surface area (Å²) < 4.78 is 45.6. The number of fused-ring (bicyclic) bond motifs is 1. The van der Waals surface area contributed by atoms with Gasteiger partial charge in [-0.2, -0.15) is 13.2 Å². The smallest absolute Gasteiger partial charge is 0.471 e. The first-order chi connectivity index (χ1) is 16.1. The van der Waals surface area contributed by atoms with E-state index in [-0.39, 0.29) is 12.3 Å². The Morgan fingerprint density at radius 2 is 1.85 bits per heavy atom. The molecular weight excluding hydrogens is 453 g/mol. The fourth-order valence-electron chi connectivity index (χ4n) is 3.68. The van der Waals surface area contributed by atoms with Gasteiger partial charge in [0.05, 0.1) is 5.52 Å². The lowest BCUT2D eigenvalue weighted by Crippen LogP contribution is -2.64. The zero-order chi connectivity index (χ0) is 24.5. The number of hydrogen-bond donors (Lipinski definition) is 2. The number of aryl methyl sites for hydroxylation is 1. The second-order valence-electron chi connectivity index (χ2n) is 7.61. The number of halogens is 3. The number of anilines is 1. The number of alkyl halides is 3. The third-order valence-corrected chi connectivity index (χ3v) is 5.21. The predicted octanol–water partition coefficient (Wildman–Crippen LogP) is 3.23. The van der Waals surface area contributed by atoms with Crippen LogP contribution in [0.3, 0.4) is 0 Å². The molecular formula is C23H19F3N4O4. The van der Waals surface area contributed by atoms with Gasteiger partial charge in [-0.05, 0) is 43.3 Å². The quantitative estimate of drug-likeness (QED) is 0.594. The van der Waals surface area contributed by atoms with Gasteiger partial charge in [0.1, 0.15) is 18.4 Å². The lowest BCUT2D eigenvalue weighted by molar-refractivity contribution is -0.171. The first kappa shape index (κ1) is 23.0. The Balaban J connectivity index is 1.56. The van der Waals surface area contributed by atoms with E-state index < -0.39 is 36.6 Å². The van der Waals surface area contributed by atoms with Crippen molar-refractivity contribution in [2.24, 2.45) is 0 Å². The molecule has 1 unspecified atom stereocenters. The molecule has 1 aromatic heterocycles. The minimum atomic E-state index is -5.23. The third-order valence-electron chi connectivity index (χ3n) is 5.21. The number of amides is 4. The molecule has 0 spiro atoms. The topological polar surface area (TPSA) is 101 Å². The second-order valence-corrected chi connectivity index (χ2v) is 7.61. The van der Waals surface area contributed by atoms with Crippen molar-refractivity contribution in [1.29, 1.82) is 0 Å². The monoisotopic (exact) mass is 472 g/mol. The van der Waals surface area contributed by atoms with Gasteiger partial charge in [-0.1, -0.05) is 18.2 Å². The van der Waals surface area contributed by atoms with Gasteiger partial charge in [0.15, 0.2) is 0 Å². The fraction of sp³-hybridized carbons (Fsp3) is 0.217. The zero-order valence-corrected chi connectivity index (χ0v) is 17.8. The first-order valence-electron chi connectivity index (χ1n) is 10.2. The van der Waals surface area contributed by atoms with Crippen molar-refractivity contribution in [3.8, 4) is 5.75 Å². The second kappa shape index (κ2) is 9.00.